The summed E-state index contributed by atoms with van der Waals surface area (Å²) in [5, 5.41) is 1.39. The van der Waals surface area contributed by atoms with Gasteiger partial charge in [-0.05, 0) is 49.2 Å². The number of rotatable bonds is 6. The van der Waals surface area contributed by atoms with Gasteiger partial charge >= 0.3 is 0 Å². The number of nitrogens with zero attached hydrogens (tertiary/aromatic N) is 3. The van der Waals surface area contributed by atoms with E-state index >= 15 is 0 Å². The van der Waals surface area contributed by atoms with E-state index in [0.717, 1.165) is 35.5 Å². The first-order valence-corrected chi connectivity index (χ1v) is 12.1. The highest BCUT2D eigenvalue weighted by Crippen LogP contribution is 2.26. The molecule has 0 atom stereocenters. The van der Waals surface area contributed by atoms with E-state index in [2.05, 4.69) is 9.97 Å². The zero-order valence-corrected chi connectivity index (χ0v) is 18.0. The first-order chi connectivity index (χ1) is 14.0. The Labute approximate surface area is 179 Å². The van der Waals surface area contributed by atoms with Crippen LogP contribution in [0.25, 0.3) is 11.5 Å². The van der Waals surface area contributed by atoms with Crippen LogP contribution in [0.1, 0.15) is 25.0 Å². The van der Waals surface area contributed by atoms with E-state index in [1.165, 1.54) is 18.0 Å². The number of oxazole rings is 1. The summed E-state index contributed by atoms with van der Waals surface area (Å²) in [6, 6.07) is 10.7. The molecule has 29 heavy (non-hydrogen) atoms. The summed E-state index contributed by atoms with van der Waals surface area (Å²) in [6.07, 6.45) is 5.97. The summed E-state index contributed by atoms with van der Waals surface area (Å²) in [4.78, 5) is 9.04. The largest absolute Gasteiger partial charge is 0.444 e. The van der Waals surface area contributed by atoms with Crippen molar-refractivity contribution in [2.75, 3.05) is 13.1 Å². The molecule has 1 saturated heterocycles. The minimum atomic E-state index is -3.45. The van der Waals surface area contributed by atoms with E-state index < -0.39 is 10.0 Å². The predicted octanol–water partition coefficient (Wildman–Crippen LogP) is 4.86. The van der Waals surface area contributed by atoms with Crippen LogP contribution in [-0.2, 0) is 15.8 Å². The summed E-state index contributed by atoms with van der Waals surface area (Å²) in [5.74, 6) is 1.11. The van der Waals surface area contributed by atoms with Crippen LogP contribution in [0.15, 0.2) is 63.2 Å². The summed E-state index contributed by atoms with van der Waals surface area (Å²) >= 11 is 7.38. The van der Waals surface area contributed by atoms with Crippen LogP contribution < -0.4 is 0 Å². The Hall–Kier alpha value is -1.87. The van der Waals surface area contributed by atoms with Gasteiger partial charge < -0.3 is 4.42 Å². The van der Waals surface area contributed by atoms with E-state index in [9.17, 15) is 8.42 Å². The highest BCUT2D eigenvalue weighted by molar-refractivity contribution is 7.98. The SMILES string of the molecule is O=S(=O)(c1ccc(SCc2coc(-c3ccc(Cl)cc3)n2)nc1)N1CCCCC1. The fraction of sp³-hybridized carbons (Fsp3) is 0.300. The molecule has 0 spiro atoms. The van der Waals surface area contributed by atoms with Crippen LogP contribution in [0.4, 0.5) is 0 Å². The molecule has 3 aromatic rings. The standard InChI is InChI=1S/C20H20ClN3O3S2/c21-16-6-4-15(5-7-16)20-23-17(13-27-20)14-28-19-9-8-18(12-22-19)29(25,26)24-10-2-1-3-11-24/h4-9,12-13H,1-3,10-11,14H2. The Bertz CT molecular complexity index is 1060. The van der Waals surface area contributed by atoms with Gasteiger partial charge in [-0.3, -0.25) is 0 Å². The van der Waals surface area contributed by atoms with Crippen molar-refractivity contribution in [2.24, 2.45) is 0 Å². The second-order valence-electron chi connectivity index (χ2n) is 6.74. The maximum absolute atomic E-state index is 12.7. The van der Waals surface area contributed by atoms with Crippen molar-refractivity contribution in [1.29, 1.82) is 0 Å². The molecule has 4 rings (SSSR count). The number of halogens is 1. The number of hydrogen-bond donors (Lipinski definition) is 0. The predicted molar refractivity (Wildman–Crippen MR) is 113 cm³/mol. The molecule has 152 valence electrons. The first-order valence-electron chi connectivity index (χ1n) is 9.32. The Morgan fingerprint density at radius 2 is 1.83 bits per heavy atom. The molecule has 0 aliphatic carbocycles. The van der Waals surface area contributed by atoms with E-state index in [1.54, 1.807) is 34.8 Å². The van der Waals surface area contributed by atoms with Gasteiger partial charge in [0.1, 0.15) is 11.2 Å². The molecule has 0 amide bonds. The lowest BCUT2D eigenvalue weighted by Gasteiger charge is -2.25. The minimum Gasteiger partial charge on any atom is -0.444 e. The monoisotopic (exact) mass is 449 g/mol. The lowest BCUT2D eigenvalue weighted by Crippen LogP contribution is -2.35. The van der Waals surface area contributed by atoms with Crippen molar-refractivity contribution in [1.82, 2.24) is 14.3 Å². The number of sulfonamides is 1. The number of benzene rings is 1. The highest BCUT2D eigenvalue weighted by atomic mass is 35.5. The van der Waals surface area contributed by atoms with Crippen molar-refractivity contribution >= 4 is 33.4 Å². The van der Waals surface area contributed by atoms with Crippen molar-refractivity contribution < 1.29 is 12.8 Å². The first kappa shape index (κ1) is 20.4. The molecular weight excluding hydrogens is 430 g/mol. The van der Waals surface area contributed by atoms with Crippen LogP contribution in [0.5, 0.6) is 0 Å². The van der Waals surface area contributed by atoms with Gasteiger partial charge in [-0.1, -0.05) is 29.8 Å². The molecule has 0 N–H and O–H groups in total. The van der Waals surface area contributed by atoms with Gasteiger partial charge in [0.2, 0.25) is 15.9 Å². The van der Waals surface area contributed by atoms with Gasteiger partial charge in [0.15, 0.2) is 0 Å². The molecule has 0 radical (unpaired) electrons. The molecular formula is C20H20ClN3O3S2. The Balaban J connectivity index is 1.39. The number of piperidine rings is 1. The van der Waals surface area contributed by atoms with E-state index in [4.69, 9.17) is 16.0 Å². The van der Waals surface area contributed by atoms with Gasteiger partial charge in [0.25, 0.3) is 0 Å². The summed E-state index contributed by atoms with van der Waals surface area (Å²) in [6.45, 7) is 1.17. The topological polar surface area (TPSA) is 76.3 Å². The summed E-state index contributed by atoms with van der Waals surface area (Å²) in [7, 11) is -3.45. The molecule has 1 fully saturated rings. The van der Waals surface area contributed by atoms with Crippen molar-refractivity contribution in [3.05, 3.63) is 59.6 Å². The second-order valence-corrected chi connectivity index (χ2v) is 10.1. The average molecular weight is 450 g/mol. The van der Waals surface area contributed by atoms with Gasteiger partial charge in [-0.25, -0.2) is 18.4 Å². The van der Waals surface area contributed by atoms with Crippen LogP contribution in [-0.4, -0.2) is 35.8 Å². The normalized spacial score (nSPS) is 15.5. The van der Waals surface area contributed by atoms with E-state index in [0.29, 0.717) is 29.8 Å². The molecule has 2 aromatic heterocycles. The zero-order chi connectivity index (χ0) is 20.3. The van der Waals surface area contributed by atoms with Gasteiger partial charge in [0, 0.05) is 35.6 Å². The third kappa shape index (κ3) is 4.83. The van der Waals surface area contributed by atoms with E-state index in [1.807, 2.05) is 12.1 Å². The minimum absolute atomic E-state index is 0.246. The van der Waals surface area contributed by atoms with Crippen LogP contribution in [0.2, 0.25) is 5.02 Å². The lowest BCUT2D eigenvalue weighted by molar-refractivity contribution is 0.346. The Morgan fingerprint density at radius 3 is 2.52 bits per heavy atom. The third-order valence-electron chi connectivity index (χ3n) is 4.67. The number of pyridine rings is 1. The van der Waals surface area contributed by atoms with Crippen LogP contribution >= 0.6 is 23.4 Å². The van der Waals surface area contributed by atoms with Crippen molar-refractivity contribution in [2.45, 2.75) is 34.9 Å². The summed E-state index contributed by atoms with van der Waals surface area (Å²) in [5.41, 5.74) is 1.64. The van der Waals surface area contributed by atoms with Gasteiger partial charge in [0.05, 0.1) is 10.7 Å². The number of thioether (sulfide) groups is 1. The van der Waals surface area contributed by atoms with Crippen molar-refractivity contribution in [3.8, 4) is 11.5 Å². The molecule has 1 aliphatic heterocycles. The molecule has 1 aliphatic rings. The Morgan fingerprint density at radius 1 is 1.07 bits per heavy atom. The molecule has 9 heteroatoms. The average Bonchev–Trinajstić information content (AvgIpc) is 3.23. The quantitative estimate of drug-likeness (QED) is 0.500. The van der Waals surface area contributed by atoms with Crippen LogP contribution in [0.3, 0.4) is 0 Å². The maximum Gasteiger partial charge on any atom is 0.244 e. The fourth-order valence-corrected chi connectivity index (χ4v) is 5.41. The molecule has 6 nitrogen and oxygen atoms in total. The van der Waals surface area contributed by atoms with Crippen molar-refractivity contribution in [3.63, 3.8) is 0 Å². The van der Waals surface area contributed by atoms with E-state index in [-0.39, 0.29) is 4.90 Å². The van der Waals surface area contributed by atoms with Gasteiger partial charge in [-0.2, -0.15) is 4.31 Å². The lowest BCUT2D eigenvalue weighted by atomic mass is 10.2. The highest BCUT2D eigenvalue weighted by Gasteiger charge is 2.26. The third-order valence-corrected chi connectivity index (χ3v) is 7.78. The maximum atomic E-state index is 12.7. The molecule has 1 aromatic carbocycles. The summed E-state index contributed by atoms with van der Waals surface area (Å²) < 4.78 is 32.5. The second kappa shape index (κ2) is 8.87. The zero-order valence-electron chi connectivity index (χ0n) is 15.6. The number of aromatic nitrogens is 2. The molecule has 0 saturated carbocycles. The Kier molecular flexibility index (Phi) is 6.24. The fourth-order valence-electron chi connectivity index (χ4n) is 3.11. The van der Waals surface area contributed by atoms with Crippen LogP contribution in [0, 0.1) is 0 Å². The number of hydrogen-bond acceptors (Lipinski definition) is 6. The molecule has 0 bridgehead atoms. The smallest absolute Gasteiger partial charge is 0.244 e. The molecule has 0 unspecified atom stereocenters. The van der Waals surface area contributed by atoms with Gasteiger partial charge in [-0.15, -0.1) is 0 Å². The molecule has 3 heterocycles.